The maximum absolute atomic E-state index is 5.61. The van der Waals surface area contributed by atoms with Crippen LogP contribution in [0.4, 0.5) is 0 Å². The minimum Gasteiger partial charge on any atom is -0.136 e. The second-order valence-electron chi connectivity index (χ2n) is 14.0. The highest BCUT2D eigenvalue weighted by Crippen LogP contribution is 2.35. The van der Waals surface area contributed by atoms with Gasteiger partial charge in [0.05, 0.1) is 4.20 Å². The maximum atomic E-state index is 5.61. The number of thiol groups is 1. The van der Waals surface area contributed by atoms with Gasteiger partial charge in [0.15, 0.2) is 0 Å². The molecule has 0 bridgehead atoms. The summed E-state index contributed by atoms with van der Waals surface area (Å²) in [6.45, 7) is 7.00. The van der Waals surface area contributed by atoms with E-state index in [1.807, 2.05) is 0 Å². The molecule has 246 valence electrons. The molecule has 0 spiro atoms. The summed E-state index contributed by atoms with van der Waals surface area (Å²) in [7, 11) is 0. The minimum absolute atomic E-state index is 0.171. The molecule has 0 aromatic heterocycles. The van der Waals surface area contributed by atoms with Gasteiger partial charge in [-0.25, -0.2) is 0 Å². The van der Waals surface area contributed by atoms with E-state index < -0.39 is 0 Å². The Kier molecular flexibility index (Phi) is 33.7. The molecule has 0 nitrogen and oxygen atoms in total. The lowest BCUT2D eigenvalue weighted by atomic mass is 9.81. The van der Waals surface area contributed by atoms with Crippen molar-refractivity contribution in [2.75, 3.05) is 0 Å². The topological polar surface area (TPSA) is 0 Å². The van der Waals surface area contributed by atoms with Crippen LogP contribution in [0.25, 0.3) is 0 Å². The van der Waals surface area contributed by atoms with Gasteiger partial charge < -0.3 is 0 Å². The van der Waals surface area contributed by atoms with Crippen LogP contribution in [-0.4, -0.2) is 4.20 Å². The van der Waals surface area contributed by atoms with Crippen LogP contribution in [0.3, 0.4) is 0 Å². The third-order valence-corrected chi connectivity index (χ3v) is 10.7. The van der Waals surface area contributed by atoms with Crippen LogP contribution in [0.5, 0.6) is 0 Å². The van der Waals surface area contributed by atoms with E-state index in [2.05, 4.69) is 33.4 Å². The van der Waals surface area contributed by atoms with E-state index in [0.717, 1.165) is 4.20 Å². The summed E-state index contributed by atoms with van der Waals surface area (Å²) in [5.41, 5.74) is 0.171. The van der Waals surface area contributed by atoms with Gasteiger partial charge in [-0.3, -0.25) is 0 Å². The van der Waals surface area contributed by atoms with Crippen LogP contribution >= 0.6 is 24.8 Å². The standard InChI is InChI=1S/C39H78S2/c1-4-6-8-10-12-14-16-18-20-22-24-26-28-30-32-34-36-39(3,38(40)41)37-35-33-31-29-27-25-23-21-19-17-15-13-11-9-7-5-2/h4-37H2,1-3H3,(H,40,41). The molecule has 0 aliphatic rings. The molecule has 0 aliphatic carbocycles. The van der Waals surface area contributed by atoms with Gasteiger partial charge in [-0.15, -0.1) is 12.6 Å². The lowest BCUT2D eigenvalue weighted by Crippen LogP contribution is -2.22. The highest BCUT2D eigenvalue weighted by molar-refractivity contribution is 8.11. The molecule has 0 radical (unpaired) electrons. The van der Waals surface area contributed by atoms with Crippen LogP contribution in [0.1, 0.15) is 239 Å². The average molecular weight is 611 g/mol. The fourth-order valence-corrected chi connectivity index (χ4v) is 6.89. The zero-order valence-corrected chi connectivity index (χ0v) is 30.6. The highest BCUT2D eigenvalue weighted by atomic mass is 32.1. The lowest BCUT2D eigenvalue weighted by molar-refractivity contribution is 0.364. The van der Waals surface area contributed by atoms with Crippen molar-refractivity contribution in [3.05, 3.63) is 0 Å². The molecule has 0 aromatic carbocycles. The number of unbranched alkanes of at least 4 members (excludes halogenated alkanes) is 30. The predicted octanol–water partition coefficient (Wildman–Crippen LogP) is 15.6. The van der Waals surface area contributed by atoms with E-state index in [0.29, 0.717) is 0 Å². The third kappa shape index (κ3) is 30.3. The van der Waals surface area contributed by atoms with Gasteiger partial charge in [0.2, 0.25) is 0 Å². The average Bonchev–Trinajstić information content (AvgIpc) is 2.96. The molecule has 0 amide bonds. The Morgan fingerprint density at radius 2 is 0.537 bits per heavy atom. The Morgan fingerprint density at radius 1 is 0.366 bits per heavy atom. The molecule has 0 aromatic rings. The molecule has 41 heavy (non-hydrogen) atoms. The maximum Gasteiger partial charge on any atom is 0.0507 e. The van der Waals surface area contributed by atoms with E-state index >= 15 is 0 Å². The smallest absolute Gasteiger partial charge is 0.0507 e. The van der Waals surface area contributed by atoms with Gasteiger partial charge >= 0.3 is 0 Å². The first kappa shape index (κ1) is 41.4. The second-order valence-corrected chi connectivity index (χ2v) is 15.1. The van der Waals surface area contributed by atoms with Gasteiger partial charge in [0.25, 0.3) is 0 Å². The number of hydrogen-bond donors (Lipinski definition) is 1. The van der Waals surface area contributed by atoms with E-state index in [1.165, 1.54) is 218 Å². The van der Waals surface area contributed by atoms with Crippen molar-refractivity contribution in [1.29, 1.82) is 0 Å². The second kappa shape index (κ2) is 33.3. The summed E-state index contributed by atoms with van der Waals surface area (Å²) in [6, 6.07) is 0. The van der Waals surface area contributed by atoms with Crippen LogP contribution in [0.15, 0.2) is 0 Å². The summed E-state index contributed by atoms with van der Waals surface area (Å²) in [5, 5.41) is 0. The fourth-order valence-electron chi connectivity index (χ4n) is 6.47. The van der Waals surface area contributed by atoms with Gasteiger partial charge in [-0.05, 0) is 12.8 Å². The Balaban J connectivity index is 3.51. The summed E-state index contributed by atoms with van der Waals surface area (Å²) >= 11 is 10.3. The Labute approximate surface area is 272 Å². The molecule has 0 fully saturated rings. The van der Waals surface area contributed by atoms with Crippen molar-refractivity contribution >= 4 is 29.0 Å². The van der Waals surface area contributed by atoms with Crippen molar-refractivity contribution < 1.29 is 0 Å². The molecular weight excluding hydrogens is 533 g/mol. The minimum atomic E-state index is 0.171. The molecule has 0 heterocycles. The van der Waals surface area contributed by atoms with Crippen LogP contribution in [0.2, 0.25) is 0 Å². The van der Waals surface area contributed by atoms with Crippen LogP contribution in [0, 0.1) is 5.41 Å². The van der Waals surface area contributed by atoms with Gasteiger partial charge in [-0.2, -0.15) is 0 Å². The van der Waals surface area contributed by atoms with E-state index in [-0.39, 0.29) is 5.41 Å². The van der Waals surface area contributed by atoms with Crippen molar-refractivity contribution in [2.45, 2.75) is 239 Å². The normalized spacial score (nSPS) is 11.9. The van der Waals surface area contributed by atoms with E-state index in [1.54, 1.807) is 0 Å². The Morgan fingerprint density at radius 3 is 0.707 bits per heavy atom. The summed E-state index contributed by atoms with van der Waals surface area (Å²) in [4.78, 5) is 0. The highest BCUT2D eigenvalue weighted by Gasteiger charge is 2.26. The number of rotatable bonds is 35. The van der Waals surface area contributed by atoms with Crippen LogP contribution < -0.4 is 0 Å². The Bertz CT molecular complexity index is 478. The zero-order valence-electron chi connectivity index (χ0n) is 28.9. The monoisotopic (exact) mass is 611 g/mol. The van der Waals surface area contributed by atoms with Crippen molar-refractivity contribution in [1.82, 2.24) is 0 Å². The van der Waals surface area contributed by atoms with Gasteiger partial charge in [0.1, 0.15) is 0 Å². The molecule has 0 rings (SSSR count). The molecular formula is C39H78S2. The van der Waals surface area contributed by atoms with Crippen LogP contribution in [-0.2, 0) is 0 Å². The molecule has 0 atom stereocenters. The van der Waals surface area contributed by atoms with E-state index in [4.69, 9.17) is 12.2 Å². The lowest BCUT2D eigenvalue weighted by Gasteiger charge is -2.28. The first-order valence-electron chi connectivity index (χ1n) is 19.3. The van der Waals surface area contributed by atoms with Gasteiger partial charge in [0, 0.05) is 5.41 Å². The zero-order chi connectivity index (χ0) is 30.1. The summed E-state index contributed by atoms with van der Waals surface area (Å²) < 4.78 is 0.958. The number of hydrogen-bond acceptors (Lipinski definition) is 1. The molecule has 0 saturated carbocycles. The molecule has 0 unspecified atom stereocenters. The number of thiocarbonyl (C=S) groups is 1. The Hall–Kier alpha value is 0.440. The molecule has 0 aliphatic heterocycles. The van der Waals surface area contributed by atoms with Crippen molar-refractivity contribution in [2.24, 2.45) is 5.41 Å². The largest absolute Gasteiger partial charge is 0.136 e. The third-order valence-electron chi connectivity index (χ3n) is 9.68. The summed E-state index contributed by atoms with van der Waals surface area (Å²) in [6.07, 6.45) is 48.4. The van der Waals surface area contributed by atoms with E-state index in [9.17, 15) is 0 Å². The van der Waals surface area contributed by atoms with Crippen molar-refractivity contribution in [3.8, 4) is 0 Å². The molecule has 2 heteroatoms. The predicted molar refractivity (Wildman–Crippen MR) is 198 cm³/mol. The van der Waals surface area contributed by atoms with Gasteiger partial charge in [-0.1, -0.05) is 238 Å². The first-order valence-corrected chi connectivity index (χ1v) is 20.2. The molecule has 0 saturated heterocycles. The SMILES string of the molecule is CCCCCCCCCCCCCCCCCCC(C)(CCCCCCCCCCCCCCCCCC)C(=S)S. The first-order chi connectivity index (χ1) is 20.1. The summed E-state index contributed by atoms with van der Waals surface area (Å²) in [5.74, 6) is 0. The van der Waals surface area contributed by atoms with Crippen molar-refractivity contribution in [3.63, 3.8) is 0 Å². The molecule has 0 N–H and O–H groups in total. The quantitative estimate of drug-likeness (QED) is 0.0423. The fraction of sp³-hybridized carbons (Fsp3) is 0.974.